The minimum Gasteiger partial charge on any atom is -0.307 e. The lowest BCUT2D eigenvalue weighted by Crippen LogP contribution is -2.06. The fourth-order valence-electron chi connectivity index (χ4n) is 7.95. The highest BCUT2D eigenvalue weighted by molar-refractivity contribution is 6.38. The number of benzene rings is 7. The van der Waals surface area contributed by atoms with Crippen molar-refractivity contribution in [3.8, 4) is 28.7 Å². The first-order chi connectivity index (χ1) is 23.8. The Bertz CT molecular complexity index is 2990. The van der Waals surface area contributed by atoms with Crippen molar-refractivity contribution in [1.29, 1.82) is 0 Å². The van der Waals surface area contributed by atoms with Gasteiger partial charge in [-0.1, -0.05) is 140 Å². The van der Waals surface area contributed by atoms with Gasteiger partial charge >= 0.3 is 0 Å². The van der Waals surface area contributed by atoms with Gasteiger partial charge in [-0.2, -0.15) is 9.97 Å². The monoisotopic (exact) mass is 611 g/mol. The molecule has 0 aliphatic rings. The standard InChI is InChI=1S/C43H25N5/c1-3-14-26(15-4-1)41-44-42(27-16-5-2-6-17-27)46-43(45-41)48-35-25-12-10-21-32(35)36-29-19-7-8-20-31(29)39-37(40(36)48)33-23-13-22-30-28-18-9-11-24-34(28)47(39)38(30)33/h1-25H. The molecule has 4 heterocycles. The van der Waals surface area contributed by atoms with Gasteiger partial charge in [0.15, 0.2) is 11.6 Å². The van der Waals surface area contributed by atoms with Crippen molar-refractivity contribution < 1.29 is 0 Å². The molecule has 0 bridgehead atoms. The quantitative estimate of drug-likeness (QED) is 0.200. The topological polar surface area (TPSA) is 48.0 Å². The highest BCUT2D eigenvalue weighted by Gasteiger charge is 2.26. The van der Waals surface area contributed by atoms with Gasteiger partial charge in [-0.3, -0.25) is 4.57 Å². The lowest BCUT2D eigenvalue weighted by molar-refractivity contribution is 0.955. The van der Waals surface area contributed by atoms with Crippen molar-refractivity contribution in [3.63, 3.8) is 0 Å². The average molecular weight is 612 g/mol. The maximum Gasteiger partial charge on any atom is 0.238 e. The predicted octanol–water partition coefficient (Wildman–Crippen LogP) is 10.6. The summed E-state index contributed by atoms with van der Waals surface area (Å²) in [5, 5.41) is 9.76. The predicted molar refractivity (Wildman–Crippen MR) is 197 cm³/mol. The summed E-state index contributed by atoms with van der Waals surface area (Å²) in [6.45, 7) is 0. The lowest BCUT2D eigenvalue weighted by Gasteiger charge is -2.12. The molecule has 5 nitrogen and oxygen atoms in total. The summed E-state index contributed by atoms with van der Waals surface area (Å²) in [5.41, 5.74) is 7.72. The summed E-state index contributed by atoms with van der Waals surface area (Å²) in [7, 11) is 0. The Morgan fingerprint density at radius 3 is 1.56 bits per heavy atom. The number of hydrogen-bond acceptors (Lipinski definition) is 3. The maximum atomic E-state index is 5.25. The average Bonchev–Trinajstić information content (AvgIpc) is 3.81. The molecule has 0 atom stereocenters. The summed E-state index contributed by atoms with van der Waals surface area (Å²) in [6, 6.07) is 53.4. The van der Waals surface area contributed by atoms with Crippen LogP contribution in [0.15, 0.2) is 152 Å². The van der Waals surface area contributed by atoms with Crippen LogP contribution in [0.3, 0.4) is 0 Å². The second-order valence-electron chi connectivity index (χ2n) is 12.4. The van der Waals surface area contributed by atoms with E-state index in [-0.39, 0.29) is 0 Å². The number of aromatic nitrogens is 5. The summed E-state index contributed by atoms with van der Waals surface area (Å²) >= 11 is 0. The number of rotatable bonds is 3. The van der Waals surface area contributed by atoms with E-state index in [4.69, 9.17) is 15.0 Å². The van der Waals surface area contributed by atoms with Gasteiger partial charge in [0.05, 0.1) is 27.6 Å². The number of hydrogen-bond donors (Lipinski definition) is 0. The largest absolute Gasteiger partial charge is 0.307 e. The molecule has 0 aliphatic heterocycles. The zero-order valence-electron chi connectivity index (χ0n) is 25.7. The molecule has 0 spiro atoms. The van der Waals surface area contributed by atoms with Crippen LogP contribution in [0.4, 0.5) is 0 Å². The molecule has 7 aromatic carbocycles. The first kappa shape index (κ1) is 25.6. The van der Waals surface area contributed by atoms with Gasteiger partial charge in [-0.05, 0) is 17.5 Å². The van der Waals surface area contributed by atoms with E-state index < -0.39 is 0 Å². The van der Waals surface area contributed by atoms with Gasteiger partial charge < -0.3 is 4.40 Å². The maximum absolute atomic E-state index is 5.25. The molecular formula is C43H25N5. The number of fused-ring (bicyclic) bond motifs is 13. The summed E-state index contributed by atoms with van der Waals surface area (Å²) in [4.78, 5) is 15.5. The van der Waals surface area contributed by atoms with Crippen LogP contribution in [0.25, 0.3) is 99.4 Å². The van der Waals surface area contributed by atoms with Crippen LogP contribution in [0.2, 0.25) is 0 Å². The van der Waals surface area contributed by atoms with Crippen LogP contribution in [0.5, 0.6) is 0 Å². The van der Waals surface area contributed by atoms with Gasteiger partial charge in [-0.25, -0.2) is 4.98 Å². The van der Waals surface area contributed by atoms with Crippen molar-refractivity contribution in [1.82, 2.24) is 23.9 Å². The van der Waals surface area contributed by atoms with Crippen molar-refractivity contribution in [3.05, 3.63) is 152 Å². The van der Waals surface area contributed by atoms with Crippen LogP contribution in [-0.2, 0) is 0 Å². The first-order valence-corrected chi connectivity index (χ1v) is 16.2. The van der Waals surface area contributed by atoms with E-state index in [9.17, 15) is 0 Å². The molecule has 4 aromatic heterocycles. The van der Waals surface area contributed by atoms with E-state index in [1.54, 1.807) is 0 Å². The van der Waals surface area contributed by atoms with E-state index in [0.29, 0.717) is 17.6 Å². The molecular weight excluding hydrogens is 587 g/mol. The molecule has 48 heavy (non-hydrogen) atoms. The van der Waals surface area contributed by atoms with Crippen LogP contribution in [0.1, 0.15) is 0 Å². The third-order valence-electron chi connectivity index (χ3n) is 9.88. The Morgan fingerprint density at radius 2 is 0.854 bits per heavy atom. The molecule has 222 valence electrons. The molecule has 0 radical (unpaired) electrons. The number of para-hydroxylation sites is 3. The van der Waals surface area contributed by atoms with Crippen molar-refractivity contribution in [2.24, 2.45) is 0 Å². The van der Waals surface area contributed by atoms with E-state index in [1.807, 2.05) is 36.4 Å². The molecule has 0 saturated carbocycles. The molecule has 0 aliphatic carbocycles. The Balaban J connectivity index is 1.40. The highest BCUT2D eigenvalue weighted by Crippen LogP contribution is 2.48. The van der Waals surface area contributed by atoms with Crippen molar-refractivity contribution >= 4 is 70.7 Å². The normalized spacial score (nSPS) is 12.2. The van der Waals surface area contributed by atoms with E-state index in [1.165, 1.54) is 59.6 Å². The van der Waals surface area contributed by atoms with Crippen molar-refractivity contribution in [2.45, 2.75) is 0 Å². The number of nitrogens with zero attached hydrogens (tertiary/aromatic N) is 5. The fourth-order valence-corrected chi connectivity index (χ4v) is 7.95. The molecule has 0 N–H and O–H groups in total. The lowest BCUT2D eigenvalue weighted by atomic mass is 9.98. The minimum absolute atomic E-state index is 0.597. The Kier molecular flexibility index (Phi) is 5.05. The Morgan fingerprint density at radius 1 is 0.333 bits per heavy atom. The van der Waals surface area contributed by atoms with Crippen LogP contribution < -0.4 is 0 Å². The zero-order valence-corrected chi connectivity index (χ0v) is 25.7. The van der Waals surface area contributed by atoms with Gasteiger partial charge in [0.25, 0.3) is 0 Å². The molecule has 0 amide bonds. The van der Waals surface area contributed by atoms with Crippen LogP contribution >= 0.6 is 0 Å². The summed E-state index contributed by atoms with van der Waals surface area (Å²) in [5.74, 6) is 1.88. The first-order valence-electron chi connectivity index (χ1n) is 16.2. The van der Waals surface area contributed by atoms with E-state index in [0.717, 1.165) is 22.2 Å². The molecule has 0 unspecified atom stereocenters. The Labute approximate surface area is 274 Å². The summed E-state index contributed by atoms with van der Waals surface area (Å²) in [6.07, 6.45) is 0. The minimum atomic E-state index is 0.597. The second kappa shape index (κ2) is 9.47. The van der Waals surface area contributed by atoms with Gasteiger partial charge in [0, 0.05) is 48.8 Å². The van der Waals surface area contributed by atoms with Crippen LogP contribution in [-0.4, -0.2) is 23.9 Å². The third kappa shape index (κ3) is 3.32. The van der Waals surface area contributed by atoms with E-state index in [2.05, 4.69) is 124 Å². The third-order valence-corrected chi connectivity index (χ3v) is 9.88. The highest BCUT2D eigenvalue weighted by atomic mass is 15.2. The molecule has 0 fully saturated rings. The SMILES string of the molecule is c1ccc(-c2nc(-c3ccccc3)nc(-n3c4ccccc4c4c5ccccc5c5c(c6cccc7c8ccccc8n5c76)c43)n2)cc1. The molecule has 11 aromatic rings. The Hall–Kier alpha value is -6.59. The fraction of sp³-hybridized carbons (Fsp3) is 0. The van der Waals surface area contributed by atoms with Crippen molar-refractivity contribution in [2.75, 3.05) is 0 Å². The van der Waals surface area contributed by atoms with Gasteiger partial charge in [0.2, 0.25) is 5.95 Å². The second-order valence-corrected chi connectivity index (χ2v) is 12.4. The van der Waals surface area contributed by atoms with Gasteiger partial charge in [0.1, 0.15) is 0 Å². The zero-order chi connectivity index (χ0) is 31.3. The smallest absolute Gasteiger partial charge is 0.238 e. The molecule has 5 heteroatoms. The molecule has 0 saturated heterocycles. The van der Waals surface area contributed by atoms with Gasteiger partial charge in [-0.15, -0.1) is 0 Å². The molecule has 11 rings (SSSR count). The van der Waals surface area contributed by atoms with E-state index >= 15 is 0 Å². The van der Waals surface area contributed by atoms with Crippen LogP contribution in [0, 0.1) is 0 Å². The summed E-state index contributed by atoms with van der Waals surface area (Å²) < 4.78 is 4.77.